The van der Waals surface area contributed by atoms with Crippen molar-refractivity contribution in [2.24, 2.45) is 0 Å². The van der Waals surface area contributed by atoms with E-state index in [1.54, 1.807) is 25.4 Å². The van der Waals surface area contributed by atoms with Gasteiger partial charge in [-0.1, -0.05) is 23.9 Å². The number of aromatic nitrogens is 2. The van der Waals surface area contributed by atoms with Crippen molar-refractivity contribution in [2.45, 2.75) is 18.3 Å². The monoisotopic (exact) mass is 309 g/mol. The van der Waals surface area contributed by atoms with Crippen molar-refractivity contribution in [3.05, 3.63) is 47.5 Å². The number of thioether (sulfide) groups is 1. The molecule has 0 bridgehead atoms. The second-order valence-electron chi connectivity index (χ2n) is 4.39. The molecule has 0 unspecified atom stereocenters. The summed E-state index contributed by atoms with van der Waals surface area (Å²) in [5.41, 5.74) is 1.46. The third-order valence-corrected chi connectivity index (χ3v) is 3.82. The average Bonchev–Trinajstić information content (AvgIpc) is 2.89. The molecular formula is C14H16FN3O2S. The molecule has 1 aromatic heterocycles. The highest BCUT2D eigenvalue weighted by molar-refractivity contribution is 7.99. The number of benzene rings is 1. The molecule has 0 saturated carbocycles. The first kappa shape index (κ1) is 15.5. The van der Waals surface area contributed by atoms with Gasteiger partial charge in [0.1, 0.15) is 5.82 Å². The predicted molar refractivity (Wildman–Crippen MR) is 78.4 cm³/mol. The van der Waals surface area contributed by atoms with Crippen molar-refractivity contribution in [3.8, 4) is 0 Å². The van der Waals surface area contributed by atoms with E-state index in [1.165, 1.54) is 23.9 Å². The minimum Gasteiger partial charge on any atom is -0.390 e. The summed E-state index contributed by atoms with van der Waals surface area (Å²) in [6.07, 6.45) is 1.73. The maximum Gasteiger partial charge on any atom is 0.230 e. The highest BCUT2D eigenvalue weighted by atomic mass is 32.2. The number of aliphatic hydroxyl groups excluding tert-OH is 1. The molecule has 7 heteroatoms. The van der Waals surface area contributed by atoms with Crippen LogP contribution in [0.25, 0.3) is 0 Å². The lowest BCUT2D eigenvalue weighted by atomic mass is 10.2. The SMILES string of the molecule is CNC(=O)CSc1nc(CO)cn1Cc1ccc(F)cc1. The predicted octanol–water partition coefficient (Wildman–Crippen LogP) is 1.40. The van der Waals surface area contributed by atoms with Crippen LogP contribution in [0.15, 0.2) is 35.6 Å². The van der Waals surface area contributed by atoms with Crippen molar-refractivity contribution in [2.75, 3.05) is 12.8 Å². The minimum absolute atomic E-state index is 0.0955. The summed E-state index contributed by atoms with van der Waals surface area (Å²) in [5.74, 6) is -0.126. The molecule has 1 amide bonds. The Morgan fingerprint density at radius 1 is 1.43 bits per heavy atom. The van der Waals surface area contributed by atoms with Gasteiger partial charge in [0, 0.05) is 19.8 Å². The highest BCUT2D eigenvalue weighted by Gasteiger charge is 2.10. The van der Waals surface area contributed by atoms with Gasteiger partial charge < -0.3 is 15.0 Å². The van der Waals surface area contributed by atoms with E-state index in [0.29, 0.717) is 17.4 Å². The summed E-state index contributed by atoms with van der Waals surface area (Å²) in [7, 11) is 1.58. The average molecular weight is 309 g/mol. The van der Waals surface area contributed by atoms with Crippen LogP contribution in [0.2, 0.25) is 0 Å². The molecule has 112 valence electrons. The third-order valence-electron chi connectivity index (χ3n) is 2.83. The zero-order valence-corrected chi connectivity index (χ0v) is 12.4. The van der Waals surface area contributed by atoms with Crippen molar-refractivity contribution >= 4 is 17.7 Å². The summed E-state index contributed by atoms with van der Waals surface area (Å²) in [4.78, 5) is 15.6. The van der Waals surface area contributed by atoms with E-state index >= 15 is 0 Å². The van der Waals surface area contributed by atoms with E-state index in [4.69, 9.17) is 0 Å². The number of aliphatic hydroxyl groups is 1. The fourth-order valence-electron chi connectivity index (χ4n) is 1.74. The Kier molecular flexibility index (Phi) is 5.35. The third kappa shape index (κ3) is 4.30. The van der Waals surface area contributed by atoms with Gasteiger partial charge in [-0.2, -0.15) is 0 Å². The summed E-state index contributed by atoms with van der Waals surface area (Å²) in [5, 5.41) is 12.4. The van der Waals surface area contributed by atoms with Gasteiger partial charge in [0.2, 0.25) is 5.91 Å². The van der Waals surface area contributed by atoms with Crippen LogP contribution in [0.1, 0.15) is 11.3 Å². The van der Waals surface area contributed by atoms with Crippen molar-refractivity contribution < 1.29 is 14.3 Å². The molecule has 0 fully saturated rings. The number of nitrogens with one attached hydrogen (secondary N) is 1. The number of carbonyl (C=O) groups excluding carboxylic acids is 1. The summed E-state index contributed by atoms with van der Waals surface area (Å²) >= 11 is 1.29. The smallest absolute Gasteiger partial charge is 0.230 e. The number of hydrogen-bond donors (Lipinski definition) is 2. The maximum atomic E-state index is 12.9. The van der Waals surface area contributed by atoms with Crippen LogP contribution in [-0.4, -0.2) is 33.4 Å². The first-order valence-electron chi connectivity index (χ1n) is 6.37. The molecule has 0 saturated heterocycles. The number of rotatable bonds is 6. The van der Waals surface area contributed by atoms with E-state index in [9.17, 15) is 14.3 Å². The molecule has 0 radical (unpaired) electrons. The Hall–Kier alpha value is -1.86. The van der Waals surface area contributed by atoms with Crippen molar-refractivity contribution in [3.63, 3.8) is 0 Å². The second kappa shape index (κ2) is 7.24. The van der Waals surface area contributed by atoms with Gasteiger partial charge in [-0.05, 0) is 17.7 Å². The van der Waals surface area contributed by atoms with Crippen LogP contribution in [0.5, 0.6) is 0 Å². The summed E-state index contributed by atoms with van der Waals surface area (Å²) < 4.78 is 14.8. The number of imidazole rings is 1. The van der Waals surface area contributed by atoms with Crippen LogP contribution in [0.3, 0.4) is 0 Å². The molecule has 1 aromatic carbocycles. The molecule has 21 heavy (non-hydrogen) atoms. The molecule has 5 nitrogen and oxygen atoms in total. The molecule has 0 aliphatic rings. The van der Waals surface area contributed by atoms with Gasteiger partial charge in [-0.25, -0.2) is 9.37 Å². The van der Waals surface area contributed by atoms with Crippen molar-refractivity contribution in [1.29, 1.82) is 0 Å². The highest BCUT2D eigenvalue weighted by Crippen LogP contribution is 2.19. The van der Waals surface area contributed by atoms with Gasteiger partial charge in [0.25, 0.3) is 0 Å². The number of amides is 1. The maximum absolute atomic E-state index is 12.9. The van der Waals surface area contributed by atoms with Crippen LogP contribution < -0.4 is 5.32 Å². The Bertz CT molecular complexity index is 613. The van der Waals surface area contributed by atoms with Gasteiger partial charge in [-0.3, -0.25) is 4.79 Å². The van der Waals surface area contributed by atoms with Crippen molar-refractivity contribution in [1.82, 2.24) is 14.9 Å². The molecule has 0 spiro atoms. The Morgan fingerprint density at radius 3 is 2.76 bits per heavy atom. The molecule has 2 rings (SSSR count). The molecule has 1 heterocycles. The van der Waals surface area contributed by atoms with Crippen LogP contribution in [0.4, 0.5) is 4.39 Å². The molecule has 2 aromatic rings. The molecular weight excluding hydrogens is 293 g/mol. The number of nitrogens with zero attached hydrogens (tertiary/aromatic N) is 2. The molecule has 0 aliphatic heterocycles. The topological polar surface area (TPSA) is 67.2 Å². The fraction of sp³-hybridized carbons (Fsp3) is 0.286. The molecule has 0 atom stereocenters. The van der Waals surface area contributed by atoms with Crippen LogP contribution >= 0.6 is 11.8 Å². The van der Waals surface area contributed by atoms with Gasteiger partial charge in [-0.15, -0.1) is 0 Å². The van der Waals surface area contributed by atoms with Crippen LogP contribution in [-0.2, 0) is 17.9 Å². The zero-order chi connectivity index (χ0) is 15.2. The summed E-state index contributed by atoms with van der Waals surface area (Å²) in [6, 6.07) is 6.19. The molecule has 2 N–H and O–H groups in total. The van der Waals surface area contributed by atoms with E-state index in [2.05, 4.69) is 10.3 Å². The normalized spacial score (nSPS) is 10.6. The van der Waals surface area contributed by atoms with E-state index in [-0.39, 0.29) is 24.1 Å². The number of hydrogen-bond acceptors (Lipinski definition) is 4. The standard InChI is InChI=1S/C14H16FN3O2S/c1-16-13(20)9-21-14-17-12(8-19)7-18(14)6-10-2-4-11(15)5-3-10/h2-5,7,19H,6,8-9H2,1H3,(H,16,20). The van der Waals surface area contributed by atoms with E-state index < -0.39 is 0 Å². The van der Waals surface area contributed by atoms with E-state index in [1.807, 2.05) is 4.57 Å². The second-order valence-corrected chi connectivity index (χ2v) is 5.33. The van der Waals surface area contributed by atoms with Crippen LogP contribution in [0, 0.1) is 5.82 Å². The number of halogens is 1. The number of carbonyl (C=O) groups is 1. The van der Waals surface area contributed by atoms with Gasteiger partial charge >= 0.3 is 0 Å². The molecule has 0 aliphatic carbocycles. The first-order chi connectivity index (χ1) is 10.1. The lowest BCUT2D eigenvalue weighted by Gasteiger charge is -2.07. The lowest BCUT2D eigenvalue weighted by molar-refractivity contribution is -0.118. The van der Waals surface area contributed by atoms with Gasteiger partial charge in [0.05, 0.1) is 18.1 Å². The Labute approximate surface area is 126 Å². The minimum atomic E-state index is -0.283. The van der Waals surface area contributed by atoms with Gasteiger partial charge in [0.15, 0.2) is 5.16 Å². The zero-order valence-electron chi connectivity index (χ0n) is 11.5. The lowest BCUT2D eigenvalue weighted by Crippen LogP contribution is -2.20. The fourth-order valence-corrected chi connectivity index (χ4v) is 2.61. The Morgan fingerprint density at radius 2 is 2.14 bits per heavy atom. The largest absolute Gasteiger partial charge is 0.390 e. The summed E-state index contributed by atoms with van der Waals surface area (Å²) in [6.45, 7) is 0.341. The quantitative estimate of drug-likeness (QED) is 0.792. The first-order valence-corrected chi connectivity index (χ1v) is 7.35. The van der Waals surface area contributed by atoms with E-state index in [0.717, 1.165) is 5.56 Å². The Balaban J connectivity index is 2.14.